The van der Waals surface area contributed by atoms with Gasteiger partial charge in [-0.2, -0.15) is 0 Å². The summed E-state index contributed by atoms with van der Waals surface area (Å²) in [7, 11) is 0. The number of nitrogen functional groups attached to an aromatic ring is 1. The first-order valence-corrected chi connectivity index (χ1v) is 6.15. The van der Waals surface area contributed by atoms with Crippen LogP contribution < -0.4 is 10.5 Å². The summed E-state index contributed by atoms with van der Waals surface area (Å²) in [5, 5.41) is 0. The number of benzene rings is 2. The van der Waals surface area contributed by atoms with Gasteiger partial charge in [-0.15, -0.1) is 0 Å². The van der Waals surface area contributed by atoms with Crippen LogP contribution in [-0.4, -0.2) is 6.10 Å². The van der Waals surface area contributed by atoms with E-state index in [9.17, 15) is 8.78 Å². The molecule has 2 aromatic rings. The van der Waals surface area contributed by atoms with Crippen LogP contribution in [0, 0.1) is 11.6 Å². The average Bonchev–Trinajstić information content (AvgIpc) is 3.19. The first kappa shape index (κ1) is 12.0. The third-order valence-electron chi connectivity index (χ3n) is 3.08. The lowest BCUT2D eigenvalue weighted by Crippen LogP contribution is -1.96. The number of halogens is 2. The van der Waals surface area contributed by atoms with Gasteiger partial charge in [0.25, 0.3) is 0 Å². The lowest BCUT2D eigenvalue weighted by Gasteiger charge is -2.08. The van der Waals surface area contributed by atoms with Crippen LogP contribution >= 0.6 is 0 Å². The van der Waals surface area contributed by atoms with Crippen LogP contribution in [0.3, 0.4) is 0 Å². The molecule has 2 aromatic carbocycles. The highest BCUT2D eigenvalue weighted by Gasteiger charge is 2.23. The predicted octanol–water partition coefficient (Wildman–Crippen LogP) is 3.76. The molecule has 0 atom stereocenters. The van der Waals surface area contributed by atoms with E-state index in [2.05, 4.69) is 0 Å². The van der Waals surface area contributed by atoms with Gasteiger partial charge in [-0.25, -0.2) is 8.78 Å². The first-order chi connectivity index (χ1) is 9.13. The Balaban J connectivity index is 1.90. The van der Waals surface area contributed by atoms with E-state index in [1.54, 1.807) is 24.3 Å². The van der Waals surface area contributed by atoms with Gasteiger partial charge < -0.3 is 10.5 Å². The molecule has 0 spiro atoms. The van der Waals surface area contributed by atoms with Crippen molar-refractivity contribution < 1.29 is 13.5 Å². The standard InChI is InChI=1S/C15H13F2NO/c16-13-8-15(18)14(17)7-12(13)9-1-3-10(4-2-9)19-11-5-6-11/h1-4,7-8,11H,5-6,18H2. The number of hydrogen-bond acceptors (Lipinski definition) is 2. The normalized spacial score (nSPS) is 14.4. The van der Waals surface area contributed by atoms with Crippen LogP contribution in [0.5, 0.6) is 5.75 Å². The summed E-state index contributed by atoms with van der Waals surface area (Å²) >= 11 is 0. The summed E-state index contributed by atoms with van der Waals surface area (Å²) in [5.41, 5.74) is 5.93. The van der Waals surface area contributed by atoms with Gasteiger partial charge in [-0.1, -0.05) is 12.1 Å². The van der Waals surface area contributed by atoms with Gasteiger partial charge in [0.1, 0.15) is 17.4 Å². The van der Waals surface area contributed by atoms with Crippen molar-refractivity contribution in [3.8, 4) is 16.9 Å². The molecule has 0 radical (unpaired) electrons. The fourth-order valence-electron chi connectivity index (χ4n) is 1.87. The van der Waals surface area contributed by atoms with E-state index in [1.165, 1.54) is 0 Å². The second-order valence-electron chi connectivity index (χ2n) is 4.70. The zero-order chi connectivity index (χ0) is 13.4. The molecule has 0 amide bonds. The number of ether oxygens (including phenoxy) is 1. The molecule has 0 unspecified atom stereocenters. The lowest BCUT2D eigenvalue weighted by molar-refractivity contribution is 0.303. The Morgan fingerprint density at radius 1 is 1.00 bits per heavy atom. The molecule has 19 heavy (non-hydrogen) atoms. The van der Waals surface area contributed by atoms with E-state index >= 15 is 0 Å². The SMILES string of the molecule is Nc1cc(F)c(-c2ccc(OC3CC3)cc2)cc1F. The lowest BCUT2D eigenvalue weighted by atomic mass is 10.0. The Morgan fingerprint density at radius 3 is 2.32 bits per heavy atom. The molecule has 3 rings (SSSR count). The highest BCUT2D eigenvalue weighted by atomic mass is 19.1. The number of hydrogen-bond donors (Lipinski definition) is 1. The summed E-state index contributed by atoms with van der Waals surface area (Å²) in [5.74, 6) is -0.396. The second-order valence-corrected chi connectivity index (χ2v) is 4.70. The van der Waals surface area contributed by atoms with Crippen molar-refractivity contribution in [3.05, 3.63) is 48.0 Å². The Bertz CT molecular complexity index is 606. The molecule has 1 fully saturated rings. The third-order valence-corrected chi connectivity index (χ3v) is 3.08. The maximum Gasteiger partial charge on any atom is 0.146 e. The average molecular weight is 261 g/mol. The fourth-order valence-corrected chi connectivity index (χ4v) is 1.87. The Hall–Kier alpha value is -2.10. The molecule has 0 aliphatic heterocycles. The highest BCUT2D eigenvalue weighted by molar-refractivity contribution is 5.67. The van der Waals surface area contributed by atoms with Gasteiger partial charge >= 0.3 is 0 Å². The van der Waals surface area contributed by atoms with Crippen molar-refractivity contribution in [3.63, 3.8) is 0 Å². The van der Waals surface area contributed by atoms with Crippen molar-refractivity contribution >= 4 is 5.69 Å². The fraction of sp³-hybridized carbons (Fsp3) is 0.200. The monoisotopic (exact) mass is 261 g/mol. The van der Waals surface area contributed by atoms with E-state index in [0.717, 1.165) is 30.7 Å². The molecule has 2 N–H and O–H groups in total. The molecule has 0 aromatic heterocycles. The van der Waals surface area contributed by atoms with Gasteiger partial charge in [0, 0.05) is 11.6 Å². The Labute approximate surface area is 109 Å². The molecular weight excluding hydrogens is 248 g/mol. The molecule has 4 heteroatoms. The zero-order valence-electron chi connectivity index (χ0n) is 10.2. The molecule has 1 aliphatic rings. The minimum Gasteiger partial charge on any atom is -0.490 e. The van der Waals surface area contributed by atoms with Crippen LogP contribution in [0.1, 0.15) is 12.8 Å². The molecule has 0 saturated heterocycles. The first-order valence-electron chi connectivity index (χ1n) is 6.15. The Kier molecular flexibility index (Phi) is 2.85. The van der Waals surface area contributed by atoms with E-state index in [1.807, 2.05) is 0 Å². The molecule has 2 nitrogen and oxygen atoms in total. The third kappa shape index (κ3) is 2.52. The summed E-state index contributed by atoms with van der Waals surface area (Å²) in [4.78, 5) is 0. The van der Waals surface area contributed by atoms with Crippen LogP contribution in [0.15, 0.2) is 36.4 Å². The molecule has 98 valence electrons. The van der Waals surface area contributed by atoms with E-state index in [0.29, 0.717) is 11.7 Å². The van der Waals surface area contributed by atoms with E-state index < -0.39 is 11.6 Å². The smallest absolute Gasteiger partial charge is 0.146 e. The van der Waals surface area contributed by atoms with Gasteiger partial charge in [-0.3, -0.25) is 0 Å². The zero-order valence-corrected chi connectivity index (χ0v) is 10.2. The largest absolute Gasteiger partial charge is 0.490 e. The number of anilines is 1. The second kappa shape index (κ2) is 4.53. The van der Waals surface area contributed by atoms with Crippen LogP contribution in [-0.2, 0) is 0 Å². The van der Waals surface area contributed by atoms with Crippen LogP contribution in [0.4, 0.5) is 14.5 Å². The molecule has 1 aliphatic carbocycles. The van der Waals surface area contributed by atoms with Crippen LogP contribution in [0.2, 0.25) is 0 Å². The van der Waals surface area contributed by atoms with Crippen molar-refractivity contribution in [2.45, 2.75) is 18.9 Å². The highest BCUT2D eigenvalue weighted by Crippen LogP contribution is 2.30. The van der Waals surface area contributed by atoms with Crippen molar-refractivity contribution in [2.75, 3.05) is 5.73 Å². The van der Waals surface area contributed by atoms with Gasteiger partial charge in [-0.05, 0) is 36.6 Å². The number of rotatable bonds is 3. The van der Waals surface area contributed by atoms with E-state index in [-0.39, 0.29) is 11.3 Å². The number of nitrogens with two attached hydrogens (primary N) is 1. The van der Waals surface area contributed by atoms with E-state index in [4.69, 9.17) is 10.5 Å². The quantitative estimate of drug-likeness (QED) is 0.854. The summed E-state index contributed by atoms with van der Waals surface area (Å²) in [6, 6.07) is 9.07. The maximum absolute atomic E-state index is 13.8. The molecule has 0 heterocycles. The predicted molar refractivity (Wildman–Crippen MR) is 69.9 cm³/mol. The molecular formula is C15H13F2NO. The molecule has 0 bridgehead atoms. The van der Waals surface area contributed by atoms with Gasteiger partial charge in [0.2, 0.25) is 0 Å². The summed E-state index contributed by atoms with van der Waals surface area (Å²) in [6.45, 7) is 0. The topological polar surface area (TPSA) is 35.2 Å². The minimum absolute atomic E-state index is 0.185. The van der Waals surface area contributed by atoms with Gasteiger partial charge in [0.15, 0.2) is 0 Å². The van der Waals surface area contributed by atoms with Crippen molar-refractivity contribution in [2.24, 2.45) is 0 Å². The Morgan fingerprint density at radius 2 is 1.68 bits per heavy atom. The maximum atomic E-state index is 13.8. The van der Waals surface area contributed by atoms with Gasteiger partial charge in [0.05, 0.1) is 11.8 Å². The minimum atomic E-state index is -0.616. The summed E-state index contributed by atoms with van der Waals surface area (Å²) in [6.07, 6.45) is 2.48. The van der Waals surface area contributed by atoms with Crippen molar-refractivity contribution in [1.82, 2.24) is 0 Å². The molecule has 1 saturated carbocycles. The van der Waals surface area contributed by atoms with Crippen LogP contribution in [0.25, 0.3) is 11.1 Å². The van der Waals surface area contributed by atoms with Crippen molar-refractivity contribution in [1.29, 1.82) is 0 Å². The summed E-state index contributed by atoms with van der Waals surface area (Å²) < 4.78 is 32.7.